The lowest BCUT2D eigenvalue weighted by Gasteiger charge is -2.46. The maximum atomic E-state index is 6.64. The van der Waals surface area contributed by atoms with Crippen molar-refractivity contribution in [3.8, 4) is 16.8 Å². The molecule has 0 unspecified atom stereocenters. The van der Waals surface area contributed by atoms with Crippen LogP contribution in [-0.4, -0.2) is 11.3 Å². The monoisotopic (exact) mass is 978 g/mol. The zero-order chi connectivity index (χ0) is 52.7. The van der Waals surface area contributed by atoms with Crippen molar-refractivity contribution in [2.75, 3.05) is 9.80 Å². The predicted molar refractivity (Wildman–Crippen MR) is 325 cm³/mol. The van der Waals surface area contributed by atoms with Crippen molar-refractivity contribution in [2.45, 2.75) is 108 Å². The Hall–Kier alpha value is -7.76. The van der Waals surface area contributed by atoms with Crippen LogP contribution in [0.2, 0.25) is 0 Å². The van der Waals surface area contributed by atoms with Crippen molar-refractivity contribution in [1.29, 1.82) is 0 Å². The standard InChI is InChI=1S/C70H68BN3O/c1-16-22-51-54-38-56-60(39-59(54)72(57(51)17-2)65-41(4)23-20-24-42(65)5)74(67-45(8)35-49(36-46(67)9)70(13,14)15)62-32-40(3)31-61-64(62)71(56)55-37-48(69(10,11)12)29-30-58(55)73(61)66-43(6)33-47(34-44(66)7)50-26-21-27-53-52-25-18-19-28-63(52)75-68(50)53/h16-39H,2H2,1,3-15H3/b22-16-. The van der Waals surface area contributed by atoms with E-state index in [1.807, 2.05) is 0 Å². The topological polar surface area (TPSA) is 24.6 Å². The molecule has 0 aliphatic carbocycles. The summed E-state index contributed by atoms with van der Waals surface area (Å²) in [4.78, 5) is 5.26. The third kappa shape index (κ3) is 7.32. The number of hydrogen-bond acceptors (Lipinski definition) is 3. The van der Waals surface area contributed by atoms with Gasteiger partial charge >= 0.3 is 0 Å². The molecule has 4 heterocycles. The number of aromatic nitrogens is 1. The first-order chi connectivity index (χ1) is 35.8. The van der Waals surface area contributed by atoms with Gasteiger partial charge in [0, 0.05) is 50.0 Å². The molecule has 10 aromatic rings. The van der Waals surface area contributed by atoms with Crippen LogP contribution in [0.1, 0.15) is 110 Å². The molecule has 0 saturated heterocycles. The maximum Gasteiger partial charge on any atom is 0.252 e. The normalized spacial score (nSPS) is 13.4. The Morgan fingerprint density at radius 3 is 1.73 bits per heavy atom. The second-order valence-corrected chi connectivity index (χ2v) is 23.8. The first-order valence-corrected chi connectivity index (χ1v) is 26.9. The van der Waals surface area contributed by atoms with E-state index >= 15 is 0 Å². The molecule has 0 fully saturated rings. The quantitative estimate of drug-likeness (QED) is 0.155. The highest BCUT2D eigenvalue weighted by atomic mass is 16.3. The van der Waals surface area contributed by atoms with E-state index in [4.69, 9.17) is 4.42 Å². The summed E-state index contributed by atoms with van der Waals surface area (Å²) in [7, 11) is 0. The Morgan fingerprint density at radius 2 is 1.11 bits per heavy atom. The van der Waals surface area contributed by atoms with E-state index in [0.717, 1.165) is 38.8 Å². The molecule has 75 heavy (non-hydrogen) atoms. The fourth-order valence-electron chi connectivity index (χ4n) is 13.0. The fourth-order valence-corrected chi connectivity index (χ4v) is 13.0. The minimum absolute atomic E-state index is 0.0110. The number of fused-ring (bicyclic) bond motifs is 8. The number of hydrogen-bond donors (Lipinski definition) is 0. The van der Waals surface area contributed by atoms with E-state index in [-0.39, 0.29) is 17.5 Å². The molecule has 0 atom stereocenters. The molecule has 0 radical (unpaired) electrons. The Kier molecular flexibility index (Phi) is 11.0. The minimum Gasteiger partial charge on any atom is -0.455 e. The number of rotatable bonds is 6. The van der Waals surface area contributed by atoms with Gasteiger partial charge in [-0.1, -0.05) is 145 Å². The third-order valence-electron chi connectivity index (χ3n) is 16.4. The van der Waals surface area contributed by atoms with Gasteiger partial charge in [0.1, 0.15) is 11.2 Å². The van der Waals surface area contributed by atoms with Crippen molar-refractivity contribution >= 4 is 102 Å². The SMILES string of the molecule is C=Cc1c(/C=C\C)c2cc3c(cc2n1-c1c(C)cccc1C)N(c1c(C)cc(C(C)(C)C)cc1C)c1cc(C)cc2c1B3c1cc(C(C)(C)C)ccc1N2c1c(C)cc(-c2cccc3c2oc2ccccc23)cc1C. The Balaban J connectivity index is 1.19. The summed E-state index contributed by atoms with van der Waals surface area (Å²) in [5, 5.41) is 3.50. The molecular weight excluding hydrogens is 910 g/mol. The van der Waals surface area contributed by atoms with Gasteiger partial charge in [-0.3, -0.25) is 0 Å². The Morgan fingerprint density at radius 1 is 0.520 bits per heavy atom. The van der Waals surface area contributed by atoms with Gasteiger partial charge in [0.15, 0.2) is 0 Å². The van der Waals surface area contributed by atoms with Crippen LogP contribution < -0.4 is 26.2 Å². The molecule has 0 N–H and O–H groups in total. The molecule has 372 valence electrons. The van der Waals surface area contributed by atoms with Crippen molar-refractivity contribution in [3.05, 3.63) is 201 Å². The molecule has 4 nitrogen and oxygen atoms in total. The smallest absolute Gasteiger partial charge is 0.252 e. The Labute approximate surface area is 444 Å². The van der Waals surface area contributed by atoms with E-state index in [1.165, 1.54) is 123 Å². The largest absolute Gasteiger partial charge is 0.455 e. The molecule has 2 aliphatic rings. The van der Waals surface area contributed by atoms with Gasteiger partial charge in [0.25, 0.3) is 6.71 Å². The van der Waals surface area contributed by atoms with Crippen LogP contribution in [0.25, 0.3) is 61.8 Å². The van der Waals surface area contributed by atoms with Crippen molar-refractivity contribution in [1.82, 2.24) is 4.57 Å². The van der Waals surface area contributed by atoms with Crippen LogP contribution in [0.5, 0.6) is 0 Å². The van der Waals surface area contributed by atoms with Gasteiger partial charge in [0.05, 0.1) is 28.3 Å². The van der Waals surface area contributed by atoms with Crippen molar-refractivity contribution in [2.24, 2.45) is 0 Å². The number of para-hydroxylation sites is 3. The number of aryl methyl sites for hydroxylation is 7. The number of benzene rings is 8. The zero-order valence-electron chi connectivity index (χ0n) is 46.4. The number of allylic oxidation sites excluding steroid dienone is 1. The van der Waals surface area contributed by atoms with Crippen LogP contribution in [0, 0.1) is 48.5 Å². The van der Waals surface area contributed by atoms with Gasteiger partial charge < -0.3 is 18.8 Å². The number of anilines is 6. The molecule has 5 heteroatoms. The molecule has 0 saturated carbocycles. The predicted octanol–water partition coefficient (Wildman–Crippen LogP) is 17.7. The molecule has 2 aliphatic heterocycles. The zero-order valence-corrected chi connectivity index (χ0v) is 46.4. The van der Waals surface area contributed by atoms with Crippen molar-refractivity contribution in [3.63, 3.8) is 0 Å². The lowest BCUT2D eigenvalue weighted by molar-refractivity contribution is 0.589. The summed E-state index contributed by atoms with van der Waals surface area (Å²) < 4.78 is 9.12. The molecule has 0 amide bonds. The molecule has 12 rings (SSSR count). The first kappa shape index (κ1) is 48.2. The highest BCUT2D eigenvalue weighted by molar-refractivity contribution is 7.00. The van der Waals surface area contributed by atoms with Gasteiger partial charge in [-0.15, -0.1) is 0 Å². The van der Waals surface area contributed by atoms with Crippen molar-refractivity contribution < 1.29 is 4.42 Å². The van der Waals surface area contributed by atoms with Crippen LogP contribution in [0.3, 0.4) is 0 Å². The molecule has 2 aromatic heterocycles. The molecular formula is C70H68BN3O. The summed E-state index contributed by atoms with van der Waals surface area (Å²) in [6.07, 6.45) is 6.53. The van der Waals surface area contributed by atoms with Crippen LogP contribution in [0.4, 0.5) is 34.1 Å². The summed E-state index contributed by atoms with van der Waals surface area (Å²) in [5.74, 6) is 0. The van der Waals surface area contributed by atoms with Gasteiger partial charge in [-0.05, 0) is 187 Å². The number of nitrogens with zero attached hydrogens (tertiary/aromatic N) is 3. The van der Waals surface area contributed by atoms with Gasteiger partial charge in [-0.2, -0.15) is 0 Å². The molecule has 0 bridgehead atoms. The van der Waals surface area contributed by atoms with Crippen LogP contribution in [0.15, 0.2) is 144 Å². The van der Waals surface area contributed by atoms with E-state index in [9.17, 15) is 0 Å². The van der Waals surface area contributed by atoms with E-state index < -0.39 is 0 Å². The summed E-state index contributed by atoms with van der Waals surface area (Å²) in [5.41, 5.74) is 31.2. The van der Waals surface area contributed by atoms with Gasteiger partial charge in [-0.25, -0.2) is 0 Å². The summed E-state index contributed by atoms with van der Waals surface area (Å²) >= 11 is 0. The second-order valence-electron chi connectivity index (χ2n) is 23.8. The highest BCUT2D eigenvalue weighted by Crippen LogP contribution is 2.50. The van der Waals surface area contributed by atoms with Gasteiger partial charge in [0.2, 0.25) is 0 Å². The number of furan rings is 1. The molecule has 0 spiro atoms. The maximum absolute atomic E-state index is 6.64. The van der Waals surface area contributed by atoms with E-state index in [1.54, 1.807) is 0 Å². The third-order valence-corrected chi connectivity index (χ3v) is 16.4. The summed E-state index contributed by atoms with van der Waals surface area (Å²) in [6, 6.07) is 48.6. The van der Waals surface area contributed by atoms with Crippen LogP contribution >= 0.6 is 0 Å². The van der Waals surface area contributed by atoms with E-state index in [0.29, 0.717) is 0 Å². The highest BCUT2D eigenvalue weighted by Gasteiger charge is 2.45. The average Bonchev–Trinajstić information content (AvgIpc) is 3.88. The second kappa shape index (κ2) is 17.1. The van der Waals surface area contributed by atoms with E-state index in [2.05, 4.69) is 263 Å². The fraction of sp³-hybridized carbons (Fsp3) is 0.229. The Bertz CT molecular complexity index is 4040. The minimum atomic E-state index is -0.0848. The lowest BCUT2D eigenvalue weighted by atomic mass is 9.33. The summed E-state index contributed by atoms with van der Waals surface area (Å²) in [6.45, 7) is 36.5. The molecule has 8 aromatic carbocycles. The first-order valence-electron chi connectivity index (χ1n) is 26.9. The van der Waals surface area contributed by atoms with Crippen LogP contribution in [-0.2, 0) is 10.8 Å². The lowest BCUT2D eigenvalue weighted by Crippen LogP contribution is -2.61. The average molecular weight is 978 g/mol.